The fraction of sp³-hybridized carbons (Fsp3) is 0. The topological polar surface area (TPSA) is 94.0 Å². The third-order valence-corrected chi connectivity index (χ3v) is 1.69. The third-order valence-electron chi connectivity index (χ3n) is 1.69. The van der Waals surface area contributed by atoms with E-state index in [-0.39, 0.29) is 11.6 Å². The van der Waals surface area contributed by atoms with Crippen LogP contribution in [-0.2, 0) is 0 Å². The van der Waals surface area contributed by atoms with Crippen molar-refractivity contribution in [3.63, 3.8) is 0 Å². The van der Waals surface area contributed by atoms with E-state index >= 15 is 0 Å². The van der Waals surface area contributed by atoms with E-state index in [1.54, 1.807) is 18.2 Å². The predicted molar refractivity (Wildman–Crippen MR) is 53.1 cm³/mol. The van der Waals surface area contributed by atoms with Gasteiger partial charge in [-0.05, 0) is 12.1 Å². The average molecular weight is 204 g/mol. The van der Waals surface area contributed by atoms with Crippen molar-refractivity contribution < 1.29 is 9.32 Å². The molecule has 2 aromatic heterocycles. The van der Waals surface area contributed by atoms with Gasteiger partial charge in [0.2, 0.25) is 0 Å². The summed E-state index contributed by atoms with van der Waals surface area (Å²) in [6.45, 7) is 0. The Morgan fingerprint density at radius 1 is 1.47 bits per heavy atom. The van der Waals surface area contributed by atoms with Gasteiger partial charge in [-0.15, -0.1) is 0 Å². The molecule has 2 aromatic rings. The number of nitrogens with two attached hydrogens (primary N) is 1. The zero-order valence-corrected chi connectivity index (χ0v) is 7.68. The van der Waals surface area contributed by atoms with Crippen LogP contribution >= 0.6 is 0 Å². The van der Waals surface area contributed by atoms with Gasteiger partial charge in [-0.25, -0.2) is 4.98 Å². The van der Waals surface area contributed by atoms with Crippen molar-refractivity contribution in [2.75, 3.05) is 11.1 Å². The molecule has 0 bridgehead atoms. The van der Waals surface area contributed by atoms with Crippen LogP contribution in [-0.4, -0.2) is 16.0 Å². The largest absolute Gasteiger partial charge is 0.384 e. The molecular formula is C9H8N4O2. The highest BCUT2D eigenvalue weighted by atomic mass is 16.5. The van der Waals surface area contributed by atoms with Crippen LogP contribution in [0.5, 0.6) is 0 Å². The Bertz CT molecular complexity index is 467. The Labute approximate surface area is 85.1 Å². The Morgan fingerprint density at radius 2 is 2.33 bits per heavy atom. The van der Waals surface area contributed by atoms with Gasteiger partial charge in [-0.1, -0.05) is 11.2 Å². The quantitative estimate of drug-likeness (QED) is 0.758. The molecule has 1 amide bonds. The zero-order valence-electron chi connectivity index (χ0n) is 7.68. The van der Waals surface area contributed by atoms with E-state index in [2.05, 4.69) is 20.0 Å². The second-order valence-corrected chi connectivity index (χ2v) is 2.81. The number of nitrogen functional groups attached to an aromatic ring is 1. The smallest absolute Gasteiger partial charge is 0.274 e. The van der Waals surface area contributed by atoms with E-state index in [0.717, 1.165) is 0 Å². The van der Waals surface area contributed by atoms with E-state index in [1.807, 2.05) is 0 Å². The minimum Gasteiger partial charge on any atom is -0.384 e. The fourth-order valence-electron chi connectivity index (χ4n) is 1.04. The normalized spacial score (nSPS) is 9.87. The van der Waals surface area contributed by atoms with Crippen LogP contribution in [0.1, 0.15) is 10.5 Å². The maximum atomic E-state index is 11.6. The van der Waals surface area contributed by atoms with Gasteiger partial charge in [0, 0.05) is 0 Å². The molecule has 76 valence electrons. The molecule has 0 aliphatic heterocycles. The molecule has 0 aliphatic rings. The molecule has 6 nitrogen and oxygen atoms in total. The van der Waals surface area contributed by atoms with Crippen LogP contribution < -0.4 is 11.1 Å². The first-order chi connectivity index (χ1) is 7.25. The van der Waals surface area contributed by atoms with Crippen LogP contribution in [0.2, 0.25) is 0 Å². The van der Waals surface area contributed by atoms with E-state index in [0.29, 0.717) is 11.5 Å². The summed E-state index contributed by atoms with van der Waals surface area (Å²) < 4.78 is 4.57. The summed E-state index contributed by atoms with van der Waals surface area (Å²) in [5.74, 6) is -0.0570. The summed E-state index contributed by atoms with van der Waals surface area (Å²) in [5.41, 5.74) is 6.17. The first-order valence-electron chi connectivity index (χ1n) is 4.19. The van der Waals surface area contributed by atoms with Gasteiger partial charge in [0.05, 0.1) is 6.20 Å². The number of pyridine rings is 1. The Kier molecular flexibility index (Phi) is 2.32. The molecule has 0 aliphatic carbocycles. The summed E-state index contributed by atoms with van der Waals surface area (Å²) in [5, 5.41) is 6.00. The molecular weight excluding hydrogens is 196 g/mol. The van der Waals surface area contributed by atoms with E-state index < -0.39 is 0 Å². The van der Waals surface area contributed by atoms with Crippen molar-refractivity contribution in [1.29, 1.82) is 0 Å². The minimum absolute atomic E-state index is 0.246. The van der Waals surface area contributed by atoms with Gasteiger partial charge in [0.15, 0.2) is 0 Å². The molecule has 0 saturated heterocycles. The Balaban J connectivity index is 2.15. The molecule has 15 heavy (non-hydrogen) atoms. The predicted octanol–water partition coefficient (Wildman–Crippen LogP) is 0.904. The first kappa shape index (κ1) is 9.20. The SMILES string of the molecule is Nc1cccc(C(=O)Nc2cnoc2)n1. The van der Waals surface area contributed by atoms with Gasteiger partial charge in [0.25, 0.3) is 5.91 Å². The number of amides is 1. The molecule has 3 N–H and O–H groups in total. The number of nitrogens with one attached hydrogen (secondary N) is 1. The molecule has 0 saturated carbocycles. The first-order valence-corrected chi connectivity index (χ1v) is 4.19. The van der Waals surface area contributed by atoms with Crippen LogP contribution in [0, 0.1) is 0 Å². The van der Waals surface area contributed by atoms with Crippen LogP contribution in [0.25, 0.3) is 0 Å². The van der Waals surface area contributed by atoms with E-state index in [4.69, 9.17) is 5.73 Å². The van der Waals surface area contributed by atoms with Crippen molar-refractivity contribution in [2.24, 2.45) is 0 Å². The summed E-state index contributed by atoms with van der Waals surface area (Å²) in [7, 11) is 0. The van der Waals surface area contributed by atoms with Gasteiger partial charge in [-0.2, -0.15) is 0 Å². The number of anilines is 2. The van der Waals surface area contributed by atoms with Crippen molar-refractivity contribution in [2.45, 2.75) is 0 Å². The lowest BCUT2D eigenvalue weighted by Crippen LogP contribution is -2.13. The lowest BCUT2D eigenvalue weighted by molar-refractivity contribution is 0.102. The molecule has 0 radical (unpaired) electrons. The molecule has 0 spiro atoms. The van der Waals surface area contributed by atoms with Gasteiger partial charge in [-0.3, -0.25) is 4.79 Å². The summed E-state index contributed by atoms with van der Waals surface area (Å²) in [4.78, 5) is 15.4. The van der Waals surface area contributed by atoms with Crippen molar-refractivity contribution in [3.8, 4) is 0 Å². The molecule has 0 unspecified atom stereocenters. The number of hydrogen-bond acceptors (Lipinski definition) is 5. The number of hydrogen-bond donors (Lipinski definition) is 2. The maximum Gasteiger partial charge on any atom is 0.274 e. The van der Waals surface area contributed by atoms with Crippen molar-refractivity contribution in [1.82, 2.24) is 10.1 Å². The summed E-state index contributed by atoms with van der Waals surface area (Å²) in [6, 6.07) is 4.83. The van der Waals surface area contributed by atoms with Gasteiger partial charge < -0.3 is 15.6 Å². The monoisotopic (exact) mass is 204 g/mol. The van der Waals surface area contributed by atoms with Crippen LogP contribution in [0.4, 0.5) is 11.5 Å². The number of carbonyl (C=O) groups excluding carboxylic acids is 1. The second kappa shape index (κ2) is 3.79. The lowest BCUT2D eigenvalue weighted by atomic mass is 10.3. The highest BCUT2D eigenvalue weighted by Crippen LogP contribution is 2.07. The fourth-order valence-corrected chi connectivity index (χ4v) is 1.04. The molecule has 0 atom stereocenters. The van der Waals surface area contributed by atoms with E-state index in [1.165, 1.54) is 12.5 Å². The molecule has 2 heterocycles. The zero-order chi connectivity index (χ0) is 10.7. The highest BCUT2D eigenvalue weighted by molar-refractivity contribution is 6.02. The summed E-state index contributed by atoms with van der Waals surface area (Å²) in [6.07, 6.45) is 2.72. The van der Waals surface area contributed by atoms with E-state index in [9.17, 15) is 4.79 Å². The molecule has 6 heteroatoms. The van der Waals surface area contributed by atoms with Gasteiger partial charge >= 0.3 is 0 Å². The average Bonchev–Trinajstić information content (AvgIpc) is 2.70. The number of aromatic nitrogens is 2. The van der Waals surface area contributed by atoms with Crippen molar-refractivity contribution in [3.05, 3.63) is 36.4 Å². The van der Waals surface area contributed by atoms with Crippen LogP contribution in [0.3, 0.4) is 0 Å². The third kappa shape index (κ3) is 2.11. The number of nitrogens with zero attached hydrogens (tertiary/aromatic N) is 2. The molecule has 0 aromatic carbocycles. The number of rotatable bonds is 2. The number of carbonyl (C=O) groups is 1. The van der Waals surface area contributed by atoms with Crippen molar-refractivity contribution >= 4 is 17.4 Å². The van der Waals surface area contributed by atoms with Crippen LogP contribution in [0.15, 0.2) is 35.2 Å². The Hall–Kier alpha value is -2.37. The standard InChI is InChI=1S/C9H8N4O2/c10-8-3-1-2-7(13-8)9(14)12-6-4-11-15-5-6/h1-5H,(H2,10,13)(H,12,14). The maximum absolute atomic E-state index is 11.6. The van der Waals surface area contributed by atoms with Gasteiger partial charge in [0.1, 0.15) is 23.5 Å². The Morgan fingerprint density at radius 3 is 3.00 bits per heavy atom. The molecule has 0 fully saturated rings. The summed E-state index contributed by atoms with van der Waals surface area (Å²) >= 11 is 0. The minimum atomic E-state index is -0.356. The second-order valence-electron chi connectivity index (χ2n) is 2.81. The molecule has 2 rings (SSSR count). The lowest BCUT2D eigenvalue weighted by Gasteiger charge is -2.01. The highest BCUT2D eigenvalue weighted by Gasteiger charge is 2.08.